The molecule has 0 atom stereocenters. The lowest BCUT2D eigenvalue weighted by Gasteiger charge is -2.11. The molecule has 18 heavy (non-hydrogen) atoms. The Morgan fingerprint density at radius 2 is 2.11 bits per heavy atom. The van der Waals surface area contributed by atoms with Gasteiger partial charge in [-0.05, 0) is 6.07 Å². The Kier molecular flexibility index (Phi) is 5.22. The molecule has 3 nitrogen and oxygen atoms in total. The molecule has 0 aliphatic carbocycles. The van der Waals surface area contributed by atoms with Crippen molar-refractivity contribution >= 4 is 11.6 Å². The van der Waals surface area contributed by atoms with Crippen LogP contribution < -0.4 is 10.1 Å². The summed E-state index contributed by atoms with van der Waals surface area (Å²) in [6.45, 7) is 4.81. The first-order valence-electron chi connectivity index (χ1n) is 5.39. The summed E-state index contributed by atoms with van der Waals surface area (Å²) in [6, 6.07) is 1.12. The Hall–Kier alpha value is -1.01. The number of hydrogen-bond donors (Lipinski definition) is 1. The number of nitrogens with one attached hydrogen (secondary N) is 1. The standard InChI is InChI=1S/C11H14ClF3N2O/c1-7(2)16-3-4-18-10-9(12)5-8(6-17-10)11(13,14)15/h5-7,16H,3-4H2,1-2H3. The van der Waals surface area contributed by atoms with Crippen LogP contribution in [0.2, 0.25) is 5.02 Å². The molecule has 0 bridgehead atoms. The molecule has 0 saturated heterocycles. The van der Waals surface area contributed by atoms with Gasteiger partial charge in [-0.2, -0.15) is 13.2 Å². The summed E-state index contributed by atoms with van der Waals surface area (Å²) in [4.78, 5) is 3.56. The van der Waals surface area contributed by atoms with Gasteiger partial charge in [-0.3, -0.25) is 0 Å². The van der Waals surface area contributed by atoms with Crippen molar-refractivity contribution in [2.45, 2.75) is 26.1 Å². The lowest BCUT2D eigenvalue weighted by molar-refractivity contribution is -0.137. The number of hydrogen-bond acceptors (Lipinski definition) is 3. The van der Waals surface area contributed by atoms with E-state index in [1.807, 2.05) is 13.8 Å². The van der Waals surface area contributed by atoms with Gasteiger partial charge in [0.2, 0.25) is 5.88 Å². The molecule has 0 aromatic carbocycles. The molecule has 1 heterocycles. The maximum atomic E-state index is 12.3. The lowest BCUT2D eigenvalue weighted by atomic mass is 10.3. The number of halogens is 4. The Morgan fingerprint density at radius 3 is 2.61 bits per heavy atom. The van der Waals surface area contributed by atoms with E-state index in [0.29, 0.717) is 18.8 Å². The topological polar surface area (TPSA) is 34.1 Å². The third kappa shape index (κ3) is 4.70. The Labute approximate surface area is 108 Å². The number of nitrogens with zero attached hydrogens (tertiary/aromatic N) is 1. The van der Waals surface area contributed by atoms with Gasteiger partial charge in [-0.1, -0.05) is 25.4 Å². The summed E-state index contributed by atoms with van der Waals surface area (Å²) in [5, 5.41) is 2.95. The first-order valence-corrected chi connectivity index (χ1v) is 5.77. The zero-order chi connectivity index (χ0) is 13.8. The summed E-state index contributed by atoms with van der Waals surface area (Å²) < 4.78 is 42.2. The Bertz CT molecular complexity index is 396. The van der Waals surface area contributed by atoms with E-state index in [9.17, 15) is 13.2 Å². The predicted molar refractivity (Wildman–Crippen MR) is 62.9 cm³/mol. The summed E-state index contributed by atoms with van der Waals surface area (Å²) in [5.41, 5.74) is -0.889. The van der Waals surface area contributed by atoms with Gasteiger partial charge in [0.1, 0.15) is 11.6 Å². The third-order valence-corrected chi connectivity index (χ3v) is 2.30. The largest absolute Gasteiger partial charge is 0.475 e. The molecule has 0 unspecified atom stereocenters. The van der Waals surface area contributed by atoms with Crippen molar-refractivity contribution < 1.29 is 17.9 Å². The average molecular weight is 283 g/mol. The minimum atomic E-state index is -4.45. The monoisotopic (exact) mass is 282 g/mol. The number of rotatable bonds is 5. The molecule has 1 aromatic rings. The van der Waals surface area contributed by atoms with Crippen LogP contribution in [-0.2, 0) is 6.18 Å². The maximum absolute atomic E-state index is 12.3. The highest BCUT2D eigenvalue weighted by molar-refractivity contribution is 6.31. The molecule has 0 saturated carbocycles. The highest BCUT2D eigenvalue weighted by Gasteiger charge is 2.31. The van der Waals surface area contributed by atoms with Crippen LogP contribution in [0.4, 0.5) is 13.2 Å². The molecule has 1 aromatic heterocycles. The Morgan fingerprint density at radius 1 is 1.44 bits per heavy atom. The lowest BCUT2D eigenvalue weighted by Crippen LogP contribution is -2.27. The van der Waals surface area contributed by atoms with Crippen LogP contribution in [0.1, 0.15) is 19.4 Å². The van der Waals surface area contributed by atoms with E-state index >= 15 is 0 Å². The second-order valence-corrected chi connectivity index (χ2v) is 4.37. The summed E-state index contributed by atoms with van der Waals surface area (Å²) in [7, 11) is 0. The first kappa shape index (κ1) is 15.0. The molecule has 0 radical (unpaired) electrons. The molecule has 1 N–H and O–H groups in total. The predicted octanol–water partition coefficient (Wildman–Crippen LogP) is 3.13. The molecule has 0 aliphatic rings. The first-order chi connectivity index (χ1) is 8.30. The summed E-state index contributed by atoms with van der Waals surface area (Å²) >= 11 is 5.67. The van der Waals surface area contributed by atoms with Crippen molar-refractivity contribution in [1.82, 2.24) is 10.3 Å². The average Bonchev–Trinajstić information content (AvgIpc) is 2.24. The normalized spacial score (nSPS) is 11.9. The van der Waals surface area contributed by atoms with Crippen LogP contribution in [0.15, 0.2) is 12.3 Å². The molecular formula is C11H14ClF3N2O. The molecule has 102 valence electrons. The summed E-state index contributed by atoms with van der Waals surface area (Å²) in [5.74, 6) is 0.00947. The van der Waals surface area contributed by atoms with Crippen molar-refractivity contribution in [1.29, 1.82) is 0 Å². The van der Waals surface area contributed by atoms with E-state index in [1.165, 1.54) is 0 Å². The van der Waals surface area contributed by atoms with Gasteiger partial charge in [-0.25, -0.2) is 4.98 Å². The number of alkyl halides is 3. The molecule has 1 rings (SSSR count). The smallest absolute Gasteiger partial charge is 0.417 e. The fraction of sp³-hybridized carbons (Fsp3) is 0.545. The van der Waals surface area contributed by atoms with Crippen LogP contribution in [0, 0.1) is 0 Å². The molecule has 0 aliphatic heterocycles. The Balaban J connectivity index is 2.58. The second-order valence-electron chi connectivity index (χ2n) is 3.97. The van der Waals surface area contributed by atoms with E-state index in [-0.39, 0.29) is 17.5 Å². The van der Waals surface area contributed by atoms with Crippen molar-refractivity contribution in [3.63, 3.8) is 0 Å². The van der Waals surface area contributed by atoms with Crippen molar-refractivity contribution in [3.8, 4) is 5.88 Å². The third-order valence-electron chi connectivity index (χ3n) is 2.03. The van der Waals surface area contributed by atoms with Gasteiger partial charge >= 0.3 is 6.18 Å². The van der Waals surface area contributed by atoms with Gasteiger partial charge < -0.3 is 10.1 Å². The zero-order valence-electron chi connectivity index (χ0n) is 10.0. The molecule has 7 heteroatoms. The van der Waals surface area contributed by atoms with Gasteiger partial charge in [-0.15, -0.1) is 0 Å². The highest BCUT2D eigenvalue weighted by Crippen LogP contribution is 2.32. The van der Waals surface area contributed by atoms with Crippen LogP contribution in [0.25, 0.3) is 0 Å². The number of aromatic nitrogens is 1. The van der Waals surface area contributed by atoms with E-state index < -0.39 is 11.7 Å². The SMILES string of the molecule is CC(C)NCCOc1ncc(C(F)(F)F)cc1Cl. The van der Waals surface area contributed by atoms with Crippen molar-refractivity contribution in [2.75, 3.05) is 13.2 Å². The molecule has 0 spiro atoms. The van der Waals surface area contributed by atoms with Crippen LogP contribution in [-0.4, -0.2) is 24.2 Å². The van der Waals surface area contributed by atoms with Gasteiger partial charge in [0, 0.05) is 18.8 Å². The fourth-order valence-electron chi connectivity index (χ4n) is 1.18. The van der Waals surface area contributed by atoms with Gasteiger partial charge in [0.05, 0.1) is 5.56 Å². The quantitative estimate of drug-likeness (QED) is 0.843. The minimum absolute atomic E-state index is 0.00947. The van der Waals surface area contributed by atoms with Crippen LogP contribution in [0.5, 0.6) is 5.88 Å². The van der Waals surface area contributed by atoms with Gasteiger partial charge in [0.25, 0.3) is 0 Å². The maximum Gasteiger partial charge on any atom is 0.417 e. The second kappa shape index (κ2) is 6.24. The molecule has 0 fully saturated rings. The van der Waals surface area contributed by atoms with Crippen LogP contribution >= 0.6 is 11.6 Å². The molecular weight excluding hydrogens is 269 g/mol. The van der Waals surface area contributed by atoms with Crippen molar-refractivity contribution in [2.24, 2.45) is 0 Å². The molecule has 0 amide bonds. The van der Waals surface area contributed by atoms with Gasteiger partial charge in [0.15, 0.2) is 0 Å². The fourth-order valence-corrected chi connectivity index (χ4v) is 1.40. The zero-order valence-corrected chi connectivity index (χ0v) is 10.8. The minimum Gasteiger partial charge on any atom is -0.475 e. The van der Waals surface area contributed by atoms with Crippen LogP contribution in [0.3, 0.4) is 0 Å². The van der Waals surface area contributed by atoms with E-state index in [2.05, 4.69) is 10.3 Å². The van der Waals surface area contributed by atoms with E-state index in [0.717, 1.165) is 6.07 Å². The van der Waals surface area contributed by atoms with E-state index in [1.54, 1.807) is 0 Å². The number of ether oxygens (including phenoxy) is 1. The summed E-state index contributed by atoms with van der Waals surface area (Å²) in [6.07, 6.45) is -3.74. The number of pyridine rings is 1. The van der Waals surface area contributed by atoms with E-state index in [4.69, 9.17) is 16.3 Å². The highest BCUT2D eigenvalue weighted by atomic mass is 35.5. The van der Waals surface area contributed by atoms with Crippen molar-refractivity contribution in [3.05, 3.63) is 22.8 Å².